The van der Waals surface area contributed by atoms with Gasteiger partial charge in [-0.2, -0.15) is 0 Å². The van der Waals surface area contributed by atoms with E-state index in [1.54, 1.807) is 0 Å². The van der Waals surface area contributed by atoms with Gasteiger partial charge in [-0.05, 0) is 37.0 Å². The summed E-state index contributed by atoms with van der Waals surface area (Å²) in [4.78, 5) is 11.6. The highest BCUT2D eigenvalue weighted by Gasteiger charge is 2.02. The summed E-state index contributed by atoms with van der Waals surface area (Å²) >= 11 is 0. The SMILES string of the molecule is CCOc1cccc(CNCC(=O)NCCC(C)C)c1. The van der Waals surface area contributed by atoms with Crippen LogP contribution in [-0.2, 0) is 11.3 Å². The van der Waals surface area contributed by atoms with E-state index in [4.69, 9.17) is 4.74 Å². The minimum atomic E-state index is 0.0478. The van der Waals surface area contributed by atoms with E-state index in [-0.39, 0.29) is 5.91 Å². The second-order valence-electron chi connectivity index (χ2n) is 5.22. The molecule has 0 aromatic heterocycles. The van der Waals surface area contributed by atoms with Crippen LogP contribution < -0.4 is 15.4 Å². The molecule has 0 aliphatic heterocycles. The number of ether oxygens (including phenoxy) is 1. The highest BCUT2D eigenvalue weighted by Crippen LogP contribution is 2.12. The van der Waals surface area contributed by atoms with E-state index in [2.05, 4.69) is 24.5 Å². The Kier molecular flexibility index (Phi) is 7.73. The molecule has 0 aliphatic carbocycles. The lowest BCUT2D eigenvalue weighted by Gasteiger charge is -2.09. The van der Waals surface area contributed by atoms with Crippen LogP contribution in [0, 0.1) is 5.92 Å². The topological polar surface area (TPSA) is 50.4 Å². The van der Waals surface area contributed by atoms with Crippen LogP contribution in [0.15, 0.2) is 24.3 Å². The minimum Gasteiger partial charge on any atom is -0.494 e. The molecule has 4 nitrogen and oxygen atoms in total. The summed E-state index contributed by atoms with van der Waals surface area (Å²) in [5.74, 6) is 1.53. The van der Waals surface area contributed by atoms with E-state index in [0.717, 1.165) is 24.3 Å². The second kappa shape index (κ2) is 9.37. The van der Waals surface area contributed by atoms with Crippen LogP contribution >= 0.6 is 0 Å². The molecule has 0 atom stereocenters. The second-order valence-corrected chi connectivity index (χ2v) is 5.22. The molecule has 1 aromatic carbocycles. The van der Waals surface area contributed by atoms with Crippen molar-refractivity contribution in [3.63, 3.8) is 0 Å². The van der Waals surface area contributed by atoms with Crippen LogP contribution in [0.25, 0.3) is 0 Å². The summed E-state index contributed by atoms with van der Waals surface area (Å²) in [5, 5.41) is 6.05. The van der Waals surface area contributed by atoms with E-state index >= 15 is 0 Å². The van der Waals surface area contributed by atoms with E-state index in [1.807, 2.05) is 31.2 Å². The summed E-state index contributed by atoms with van der Waals surface area (Å²) < 4.78 is 5.44. The van der Waals surface area contributed by atoms with Gasteiger partial charge in [-0.25, -0.2) is 0 Å². The van der Waals surface area contributed by atoms with Crippen LogP contribution in [0.1, 0.15) is 32.8 Å². The largest absolute Gasteiger partial charge is 0.494 e. The molecule has 20 heavy (non-hydrogen) atoms. The Balaban J connectivity index is 2.23. The molecule has 0 aliphatic rings. The Morgan fingerprint density at radius 2 is 2.15 bits per heavy atom. The molecular formula is C16H26N2O2. The summed E-state index contributed by atoms with van der Waals surface area (Å²) in [6, 6.07) is 7.91. The van der Waals surface area contributed by atoms with Crippen molar-refractivity contribution in [2.45, 2.75) is 33.7 Å². The lowest BCUT2D eigenvalue weighted by atomic mass is 10.1. The molecule has 4 heteroatoms. The maximum Gasteiger partial charge on any atom is 0.233 e. The number of carbonyl (C=O) groups is 1. The number of benzene rings is 1. The Morgan fingerprint density at radius 1 is 1.35 bits per heavy atom. The maximum atomic E-state index is 11.6. The van der Waals surface area contributed by atoms with Crippen molar-refractivity contribution >= 4 is 5.91 Å². The molecule has 0 bridgehead atoms. The van der Waals surface area contributed by atoms with Gasteiger partial charge in [0.15, 0.2) is 0 Å². The van der Waals surface area contributed by atoms with Gasteiger partial charge < -0.3 is 15.4 Å². The van der Waals surface area contributed by atoms with Gasteiger partial charge in [-0.3, -0.25) is 4.79 Å². The normalized spacial score (nSPS) is 10.6. The lowest BCUT2D eigenvalue weighted by Crippen LogP contribution is -2.34. The smallest absolute Gasteiger partial charge is 0.233 e. The van der Waals surface area contributed by atoms with Gasteiger partial charge in [-0.15, -0.1) is 0 Å². The van der Waals surface area contributed by atoms with E-state index < -0.39 is 0 Å². The number of nitrogens with one attached hydrogen (secondary N) is 2. The van der Waals surface area contributed by atoms with Crippen LogP contribution in [0.5, 0.6) is 5.75 Å². The molecule has 2 N–H and O–H groups in total. The molecule has 1 aromatic rings. The van der Waals surface area contributed by atoms with Crippen molar-refractivity contribution in [3.8, 4) is 5.75 Å². The first-order valence-electron chi connectivity index (χ1n) is 7.31. The van der Waals surface area contributed by atoms with Gasteiger partial charge in [-0.1, -0.05) is 26.0 Å². The summed E-state index contributed by atoms with van der Waals surface area (Å²) in [5.41, 5.74) is 1.12. The fourth-order valence-electron chi connectivity index (χ4n) is 1.80. The van der Waals surface area contributed by atoms with Crippen molar-refractivity contribution in [1.82, 2.24) is 10.6 Å². The third-order valence-electron chi connectivity index (χ3n) is 2.87. The molecular weight excluding hydrogens is 252 g/mol. The third-order valence-corrected chi connectivity index (χ3v) is 2.87. The number of hydrogen-bond donors (Lipinski definition) is 2. The monoisotopic (exact) mass is 278 g/mol. The van der Waals surface area contributed by atoms with Gasteiger partial charge in [0.05, 0.1) is 13.2 Å². The van der Waals surface area contributed by atoms with Crippen LogP contribution in [0.3, 0.4) is 0 Å². The molecule has 0 spiro atoms. The highest BCUT2D eigenvalue weighted by molar-refractivity contribution is 5.77. The third kappa shape index (κ3) is 7.14. The van der Waals surface area contributed by atoms with E-state index in [9.17, 15) is 4.79 Å². The zero-order valence-corrected chi connectivity index (χ0v) is 12.7. The van der Waals surface area contributed by atoms with Crippen molar-refractivity contribution in [1.29, 1.82) is 0 Å². The Hall–Kier alpha value is -1.55. The van der Waals surface area contributed by atoms with Crippen molar-refractivity contribution in [2.75, 3.05) is 19.7 Å². The molecule has 1 rings (SSSR count). The van der Waals surface area contributed by atoms with Crippen LogP contribution in [0.2, 0.25) is 0 Å². The van der Waals surface area contributed by atoms with Crippen LogP contribution in [-0.4, -0.2) is 25.6 Å². The average molecular weight is 278 g/mol. The quantitative estimate of drug-likeness (QED) is 0.729. The first-order chi connectivity index (χ1) is 9.61. The highest BCUT2D eigenvalue weighted by atomic mass is 16.5. The summed E-state index contributed by atoms with van der Waals surface area (Å²) in [6.07, 6.45) is 1.02. The van der Waals surface area contributed by atoms with Gasteiger partial charge in [0.2, 0.25) is 5.91 Å². The van der Waals surface area contributed by atoms with Crippen molar-refractivity contribution < 1.29 is 9.53 Å². The van der Waals surface area contributed by atoms with Gasteiger partial charge in [0.1, 0.15) is 5.75 Å². The first kappa shape index (κ1) is 16.5. The molecule has 0 radical (unpaired) electrons. The van der Waals surface area contributed by atoms with Crippen LogP contribution in [0.4, 0.5) is 0 Å². The fraction of sp³-hybridized carbons (Fsp3) is 0.562. The fourth-order valence-corrected chi connectivity index (χ4v) is 1.80. The van der Waals surface area contributed by atoms with Crippen molar-refractivity contribution in [3.05, 3.63) is 29.8 Å². The molecule has 0 unspecified atom stereocenters. The number of hydrogen-bond acceptors (Lipinski definition) is 3. The Labute approximate surface area is 121 Å². The van der Waals surface area contributed by atoms with Gasteiger partial charge in [0.25, 0.3) is 0 Å². The predicted octanol–water partition coefficient (Wildman–Crippen LogP) is 2.34. The van der Waals surface area contributed by atoms with Gasteiger partial charge in [0, 0.05) is 13.1 Å². The molecule has 0 heterocycles. The zero-order valence-electron chi connectivity index (χ0n) is 12.7. The zero-order chi connectivity index (χ0) is 14.8. The molecule has 0 saturated carbocycles. The molecule has 1 amide bonds. The average Bonchev–Trinajstić information content (AvgIpc) is 2.39. The molecule has 0 saturated heterocycles. The van der Waals surface area contributed by atoms with Gasteiger partial charge >= 0.3 is 0 Å². The van der Waals surface area contributed by atoms with E-state index in [0.29, 0.717) is 25.6 Å². The minimum absolute atomic E-state index is 0.0478. The van der Waals surface area contributed by atoms with E-state index in [1.165, 1.54) is 0 Å². The number of carbonyl (C=O) groups excluding carboxylic acids is 1. The van der Waals surface area contributed by atoms with Crippen molar-refractivity contribution in [2.24, 2.45) is 5.92 Å². The molecule has 0 fully saturated rings. The Bertz CT molecular complexity index is 405. The maximum absolute atomic E-state index is 11.6. The number of rotatable bonds is 9. The summed E-state index contributed by atoms with van der Waals surface area (Å²) in [6.45, 7) is 8.68. The predicted molar refractivity (Wildman–Crippen MR) is 81.8 cm³/mol. The first-order valence-corrected chi connectivity index (χ1v) is 7.31. The standard InChI is InChI=1S/C16H26N2O2/c1-4-20-15-7-5-6-14(10-15)11-17-12-16(19)18-9-8-13(2)3/h5-7,10,13,17H,4,8-9,11-12H2,1-3H3,(H,18,19). The lowest BCUT2D eigenvalue weighted by molar-refractivity contribution is -0.120. The summed E-state index contributed by atoms with van der Waals surface area (Å²) in [7, 11) is 0. The number of amides is 1. The molecule has 112 valence electrons. The Morgan fingerprint density at radius 3 is 2.85 bits per heavy atom.